The van der Waals surface area contributed by atoms with Crippen LogP contribution in [0.4, 0.5) is 8.78 Å². The third-order valence-corrected chi connectivity index (χ3v) is 3.65. The van der Waals surface area contributed by atoms with Crippen LogP contribution in [0.5, 0.6) is 11.5 Å². The van der Waals surface area contributed by atoms with Crippen molar-refractivity contribution in [2.75, 3.05) is 13.7 Å². The van der Waals surface area contributed by atoms with Gasteiger partial charge in [-0.2, -0.15) is 8.78 Å². The molecule has 0 radical (unpaired) electrons. The van der Waals surface area contributed by atoms with Crippen LogP contribution in [0.25, 0.3) is 6.08 Å². The number of hydrogen-bond acceptors (Lipinski definition) is 5. The van der Waals surface area contributed by atoms with E-state index in [0.717, 1.165) is 0 Å². The molecule has 1 rings (SSSR count). The molecular formula is C18H23F2NO5. The van der Waals surface area contributed by atoms with Crippen molar-refractivity contribution in [3.05, 3.63) is 29.8 Å². The largest absolute Gasteiger partial charge is 0.490 e. The summed E-state index contributed by atoms with van der Waals surface area (Å²) in [6.45, 7) is 2.32. The second kappa shape index (κ2) is 9.74. The fraction of sp³-hybridized carbons (Fsp3) is 0.444. The Hall–Kier alpha value is -2.64. The van der Waals surface area contributed by atoms with E-state index in [1.165, 1.54) is 37.5 Å². The van der Waals surface area contributed by atoms with Crippen LogP contribution in [-0.2, 0) is 14.3 Å². The second-order valence-electron chi connectivity index (χ2n) is 5.52. The average molecular weight is 371 g/mol. The number of alkyl halides is 2. The van der Waals surface area contributed by atoms with Crippen LogP contribution < -0.4 is 14.8 Å². The molecule has 1 unspecified atom stereocenters. The number of methoxy groups -OCH3 is 1. The number of esters is 1. The highest BCUT2D eigenvalue weighted by Gasteiger charge is 2.33. The maximum atomic E-state index is 12.4. The van der Waals surface area contributed by atoms with Crippen molar-refractivity contribution in [3.63, 3.8) is 0 Å². The third kappa shape index (κ3) is 6.02. The van der Waals surface area contributed by atoms with Gasteiger partial charge in [0.1, 0.15) is 5.54 Å². The van der Waals surface area contributed by atoms with Crippen LogP contribution in [0.2, 0.25) is 0 Å². The fourth-order valence-corrected chi connectivity index (χ4v) is 2.08. The zero-order chi connectivity index (χ0) is 19.7. The minimum absolute atomic E-state index is 0.0901. The first-order valence-corrected chi connectivity index (χ1v) is 8.06. The normalized spacial score (nSPS) is 13.3. The third-order valence-electron chi connectivity index (χ3n) is 3.65. The lowest BCUT2D eigenvalue weighted by molar-refractivity contribution is -0.149. The number of amides is 1. The summed E-state index contributed by atoms with van der Waals surface area (Å²) in [5.41, 5.74) is -0.594. The van der Waals surface area contributed by atoms with Gasteiger partial charge >= 0.3 is 12.6 Å². The Morgan fingerprint density at radius 3 is 2.50 bits per heavy atom. The van der Waals surface area contributed by atoms with E-state index in [9.17, 15) is 18.4 Å². The summed E-state index contributed by atoms with van der Waals surface area (Å²) in [6, 6.07) is 4.31. The van der Waals surface area contributed by atoms with Crippen molar-refractivity contribution >= 4 is 18.0 Å². The summed E-state index contributed by atoms with van der Waals surface area (Å²) in [5, 5.41) is 2.59. The predicted molar refractivity (Wildman–Crippen MR) is 92.1 cm³/mol. The molecule has 0 heterocycles. The van der Waals surface area contributed by atoms with E-state index in [2.05, 4.69) is 14.8 Å². The fourth-order valence-electron chi connectivity index (χ4n) is 2.08. The molecule has 144 valence electrons. The molecule has 0 fully saturated rings. The molecule has 0 aromatic heterocycles. The van der Waals surface area contributed by atoms with Crippen molar-refractivity contribution in [2.24, 2.45) is 0 Å². The second-order valence-corrected chi connectivity index (χ2v) is 5.52. The summed E-state index contributed by atoms with van der Waals surface area (Å²) in [4.78, 5) is 23.8. The van der Waals surface area contributed by atoms with E-state index in [4.69, 9.17) is 4.74 Å². The van der Waals surface area contributed by atoms with Gasteiger partial charge in [0.05, 0.1) is 13.7 Å². The average Bonchev–Trinajstić information content (AvgIpc) is 2.60. The van der Waals surface area contributed by atoms with Gasteiger partial charge in [-0.25, -0.2) is 4.79 Å². The van der Waals surface area contributed by atoms with Crippen molar-refractivity contribution in [2.45, 2.75) is 39.3 Å². The lowest BCUT2D eigenvalue weighted by atomic mass is 9.99. The molecule has 1 atom stereocenters. The Labute approximate surface area is 151 Å². The van der Waals surface area contributed by atoms with Gasteiger partial charge in [-0.05, 0) is 44.0 Å². The number of rotatable bonds is 9. The van der Waals surface area contributed by atoms with E-state index in [1.807, 2.05) is 0 Å². The molecule has 26 heavy (non-hydrogen) atoms. The summed E-state index contributed by atoms with van der Waals surface area (Å²) in [7, 11) is 1.25. The molecule has 0 aliphatic heterocycles. The van der Waals surface area contributed by atoms with Crippen LogP contribution in [0.15, 0.2) is 24.3 Å². The molecule has 0 aliphatic carbocycles. The van der Waals surface area contributed by atoms with Crippen molar-refractivity contribution < 1.29 is 32.6 Å². The van der Waals surface area contributed by atoms with Gasteiger partial charge in [-0.1, -0.05) is 13.0 Å². The lowest BCUT2D eigenvalue weighted by Crippen LogP contribution is -2.51. The monoisotopic (exact) mass is 371 g/mol. The molecule has 0 aliphatic rings. The highest BCUT2D eigenvalue weighted by Crippen LogP contribution is 2.30. The minimum Gasteiger partial charge on any atom is -0.490 e. The lowest BCUT2D eigenvalue weighted by Gasteiger charge is -2.25. The predicted octanol–water partition coefficient (Wildman–Crippen LogP) is 3.16. The van der Waals surface area contributed by atoms with Crippen molar-refractivity contribution in [3.8, 4) is 11.5 Å². The molecule has 6 nitrogen and oxygen atoms in total. The van der Waals surface area contributed by atoms with E-state index in [1.54, 1.807) is 20.8 Å². The summed E-state index contributed by atoms with van der Waals surface area (Å²) in [6.07, 6.45) is 3.06. The number of hydrogen-bond donors (Lipinski definition) is 1. The first kappa shape index (κ1) is 21.4. The summed E-state index contributed by atoms with van der Waals surface area (Å²) in [5.74, 6) is -0.990. The van der Waals surface area contributed by atoms with Crippen LogP contribution in [0.3, 0.4) is 0 Å². The Balaban J connectivity index is 2.91. The van der Waals surface area contributed by atoms with Gasteiger partial charge in [-0.15, -0.1) is 0 Å². The molecule has 1 aromatic carbocycles. The highest BCUT2D eigenvalue weighted by molar-refractivity contribution is 5.96. The minimum atomic E-state index is -2.97. The van der Waals surface area contributed by atoms with Crippen LogP contribution in [0.1, 0.15) is 32.8 Å². The van der Waals surface area contributed by atoms with Gasteiger partial charge in [0.2, 0.25) is 5.91 Å². The standard InChI is InChI=1S/C18H23F2NO5/c1-5-18(3,16(23)24-4)21-15(22)10-8-12-7-9-13(26-17(19)20)14(11-12)25-6-2/h7-11,17H,5-6H2,1-4H3,(H,21,22)/b10-8+. The van der Waals surface area contributed by atoms with Gasteiger partial charge in [0.25, 0.3) is 0 Å². The van der Waals surface area contributed by atoms with Crippen molar-refractivity contribution in [1.82, 2.24) is 5.32 Å². The number of nitrogens with one attached hydrogen (secondary N) is 1. The Bertz CT molecular complexity index is 663. The van der Waals surface area contributed by atoms with E-state index in [-0.39, 0.29) is 18.1 Å². The highest BCUT2D eigenvalue weighted by atomic mass is 19.3. The smallest absolute Gasteiger partial charge is 0.387 e. The van der Waals surface area contributed by atoms with E-state index in [0.29, 0.717) is 12.0 Å². The van der Waals surface area contributed by atoms with Gasteiger partial charge in [0.15, 0.2) is 11.5 Å². The molecular weight excluding hydrogens is 348 g/mol. The number of ether oxygens (including phenoxy) is 3. The Morgan fingerprint density at radius 1 is 1.27 bits per heavy atom. The summed E-state index contributed by atoms with van der Waals surface area (Å²) >= 11 is 0. The number of carbonyl (C=O) groups excluding carboxylic acids is 2. The van der Waals surface area contributed by atoms with E-state index < -0.39 is 24.0 Å². The molecule has 1 N–H and O–H groups in total. The Kier molecular flexibility index (Phi) is 8.02. The zero-order valence-corrected chi connectivity index (χ0v) is 15.2. The quantitative estimate of drug-likeness (QED) is 0.533. The molecule has 0 bridgehead atoms. The van der Waals surface area contributed by atoms with Crippen LogP contribution in [0, 0.1) is 0 Å². The topological polar surface area (TPSA) is 73.9 Å². The molecule has 0 saturated heterocycles. The first-order chi connectivity index (χ1) is 12.3. The van der Waals surface area contributed by atoms with E-state index >= 15 is 0 Å². The molecule has 0 saturated carbocycles. The summed E-state index contributed by atoms with van der Waals surface area (Å²) < 4.78 is 39.1. The zero-order valence-electron chi connectivity index (χ0n) is 15.2. The number of carbonyl (C=O) groups is 2. The van der Waals surface area contributed by atoms with Gasteiger partial charge in [0, 0.05) is 6.08 Å². The van der Waals surface area contributed by atoms with Gasteiger partial charge < -0.3 is 19.5 Å². The molecule has 0 spiro atoms. The maximum Gasteiger partial charge on any atom is 0.387 e. The number of benzene rings is 1. The van der Waals surface area contributed by atoms with Crippen LogP contribution in [-0.4, -0.2) is 37.7 Å². The van der Waals surface area contributed by atoms with Crippen LogP contribution >= 0.6 is 0 Å². The Morgan fingerprint density at radius 2 is 1.96 bits per heavy atom. The maximum absolute atomic E-state index is 12.4. The molecule has 1 amide bonds. The van der Waals surface area contributed by atoms with Crippen molar-refractivity contribution in [1.29, 1.82) is 0 Å². The van der Waals surface area contributed by atoms with Gasteiger partial charge in [-0.3, -0.25) is 4.79 Å². The first-order valence-electron chi connectivity index (χ1n) is 8.06. The SMILES string of the molecule is CCOc1cc(/C=C/C(=O)NC(C)(CC)C(=O)OC)ccc1OC(F)F. The number of halogens is 2. The molecule has 1 aromatic rings. The molecule has 8 heteroatoms.